The lowest BCUT2D eigenvalue weighted by molar-refractivity contribution is -0.157. The molecule has 1 aromatic rings. The molecule has 0 saturated carbocycles. The molecular weight excluding hydrogens is 388 g/mol. The van der Waals surface area contributed by atoms with Gasteiger partial charge in [0, 0.05) is 57.8 Å². The zero-order valence-electron chi connectivity index (χ0n) is 15.3. The first-order chi connectivity index (χ1) is 13.2. The number of piperazine rings is 1. The molecule has 0 bridgehead atoms. The summed E-state index contributed by atoms with van der Waals surface area (Å²) < 4.78 is 0. The Labute approximate surface area is 167 Å². The molecule has 2 saturated heterocycles. The number of aliphatic hydroxyl groups is 1. The number of nitrogen functional groups attached to an aromatic ring is 1. The number of carbonyl (C=O) groups excluding carboxylic acids is 2. The number of likely N-dealkylation sites (tertiary alicyclic amines) is 1. The van der Waals surface area contributed by atoms with Crippen LogP contribution in [-0.2, 0) is 4.79 Å². The number of hydrogen-bond acceptors (Lipinski definition) is 5. The maximum atomic E-state index is 12.8. The topological polar surface area (TPSA) is 127 Å². The van der Waals surface area contributed by atoms with Gasteiger partial charge in [-0.25, -0.2) is 4.79 Å². The van der Waals surface area contributed by atoms with E-state index in [9.17, 15) is 19.5 Å². The highest BCUT2D eigenvalue weighted by molar-refractivity contribution is 6.34. The highest BCUT2D eigenvalue weighted by atomic mass is 35.5. The molecule has 9 nitrogen and oxygen atoms in total. The standard InChI is InChI=1S/C18H23ClN4O5/c19-14-11-12(20)1-2-13(14)15(24)21-7-9-22(10-8-21)16(25)18(28)3-5-23(6-4-18)17(26)27/h1-2,11,28H,3-10,20H2,(H,26,27). The van der Waals surface area contributed by atoms with Crippen molar-refractivity contribution < 1.29 is 24.6 Å². The van der Waals surface area contributed by atoms with Gasteiger partial charge < -0.3 is 30.6 Å². The Balaban J connectivity index is 1.58. The van der Waals surface area contributed by atoms with Gasteiger partial charge in [0.1, 0.15) is 5.60 Å². The summed E-state index contributed by atoms with van der Waals surface area (Å²) in [6, 6.07) is 4.71. The molecular formula is C18H23ClN4O5. The second-order valence-corrected chi connectivity index (χ2v) is 7.53. The van der Waals surface area contributed by atoms with Crippen LogP contribution in [0.25, 0.3) is 0 Å². The van der Waals surface area contributed by atoms with Gasteiger partial charge in [-0.05, 0) is 18.2 Å². The first-order valence-corrected chi connectivity index (χ1v) is 9.43. The second kappa shape index (κ2) is 7.84. The molecule has 152 valence electrons. The largest absolute Gasteiger partial charge is 0.465 e. The minimum Gasteiger partial charge on any atom is -0.465 e. The summed E-state index contributed by atoms with van der Waals surface area (Å²) in [4.78, 5) is 40.7. The number of nitrogens with zero attached hydrogens (tertiary/aromatic N) is 3. The van der Waals surface area contributed by atoms with Gasteiger partial charge in [0.15, 0.2) is 0 Å². The summed E-state index contributed by atoms with van der Waals surface area (Å²) in [6.45, 7) is 1.47. The summed E-state index contributed by atoms with van der Waals surface area (Å²) in [5, 5.41) is 20.0. The molecule has 10 heteroatoms. The molecule has 3 amide bonds. The Morgan fingerprint density at radius 3 is 2.07 bits per heavy atom. The highest BCUT2D eigenvalue weighted by Gasteiger charge is 2.43. The molecule has 1 aromatic carbocycles. The van der Waals surface area contributed by atoms with E-state index >= 15 is 0 Å². The number of carbonyl (C=O) groups is 3. The Kier molecular flexibility index (Phi) is 5.66. The van der Waals surface area contributed by atoms with E-state index in [4.69, 9.17) is 22.4 Å². The number of anilines is 1. The van der Waals surface area contributed by atoms with Crippen molar-refractivity contribution in [1.29, 1.82) is 0 Å². The molecule has 4 N–H and O–H groups in total. The van der Waals surface area contributed by atoms with E-state index in [-0.39, 0.29) is 36.9 Å². The summed E-state index contributed by atoms with van der Waals surface area (Å²) in [6.07, 6.45) is -0.917. The van der Waals surface area contributed by atoms with Crippen LogP contribution in [0.1, 0.15) is 23.2 Å². The predicted octanol–water partition coefficient (Wildman–Crippen LogP) is 0.711. The van der Waals surface area contributed by atoms with Crippen molar-refractivity contribution in [1.82, 2.24) is 14.7 Å². The first-order valence-electron chi connectivity index (χ1n) is 9.05. The van der Waals surface area contributed by atoms with Gasteiger partial charge in [0.05, 0.1) is 10.6 Å². The van der Waals surface area contributed by atoms with Gasteiger partial charge >= 0.3 is 6.09 Å². The fourth-order valence-corrected chi connectivity index (χ4v) is 3.83. The smallest absolute Gasteiger partial charge is 0.407 e. The molecule has 2 fully saturated rings. The quantitative estimate of drug-likeness (QED) is 0.616. The van der Waals surface area contributed by atoms with Crippen LogP contribution in [0.4, 0.5) is 10.5 Å². The van der Waals surface area contributed by atoms with Gasteiger partial charge in [-0.2, -0.15) is 0 Å². The lowest BCUT2D eigenvalue weighted by Crippen LogP contribution is -2.59. The fourth-order valence-electron chi connectivity index (χ4n) is 3.56. The third-order valence-electron chi connectivity index (χ3n) is 5.34. The Morgan fingerprint density at radius 1 is 0.964 bits per heavy atom. The minimum atomic E-state index is -1.56. The van der Waals surface area contributed by atoms with Crippen molar-refractivity contribution in [2.24, 2.45) is 0 Å². The van der Waals surface area contributed by atoms with Gasteiger partial charge in [0.2, 0.25) is 0 Å². The van der Waals surface area contributed by atoms with Crippen LogP contribution in [0.5, 0.6) is 0 Å². The average Bonchev–Trinajstić information content (AvgIpc) is 2.67. The van der Waals surface area contributed by atoms with Crippen molar-refractivity contribution in [3.05, 3.63) is 28.8 Å². The van der Waals surface area contributed by atoms with E-state index in [1.807, 2.05) is 0 Å². The number of piperidine rings is 1. The molecule has 2 heterocycles. The van der Waals surface area contributed by atoms with E-state index in [1.54, 1.807) is 17.0 Å². The fraction of sp³-hybridized carbons (Fsp3) is 0.500. The summed E-state index contributed by atoms with van der Waals surface area (Å²) in [5.74, 6) is -0.638. The number of carboxylic acid groups (broad SMARTS) is 1. The maximum absolute atomic E-state index is 12.8. The monoisotopic (exact) mass is 410 g/mol. The predicted molar refractivity (Wildman–Crippen MR) is 102 cm³/mol. The molecule has 2 aliphatic rings. The van der Waals surface area contributed by atoms with Crippen LogP contribution in [0.3, 0.4) is 0 Å². The van der Waals surface area contributed by atoms with E-state index in [0.717, 1.165) is 0 Å². The number of benzene rings is 1. The zero-order valence-corrected chi connectivity index (χ0v) is 16.1. The molecule has 0 atom stereocenters. The molecule has 0 spiro atoms. The van der Waals surface area contributed by atoms with E-state index < -0.39 is 17.6 Å². The van der Waals surface area contributed by atoms with E-state index in [2.05, 4.69) is 0 Å². The molecule has 2 aliphatic heterocycles. The van der Waals surface area contributed by atoms with Crippen LogP contribution >= 0.6 is 11.6 Å². The Morgan fingerprint density at radius 2 is 1.54 bits per heavy atom. The molecule has 0 unspecified atom stereocenters. The average molecular weight is 411 g/mol. The van der Waals surface area contributed by atoms with Gasteiger partial charge in [-0.15, -0.1) is 0 Å². The minimum absolute atomic E-state index is 0.0678. The van der Waals surface area contributed by atoms with Crippen molar-refractivity contribution in [3.63, 3.8) is 0 Å². The van der Waals surface area contributed by atoms with E-state index in [1.165, 1.54) is 15.9 Å². The Hall–Kier alpha value is -2.52. The summed E-state index contributed by atoms with van der Waals surface area (Å²) >= 11 is 6.11. The van der Waals surface area contributed by atoms with Crippen molar-refractivity contribution in [2.75, 3.05) is 45.0 Å². The van der Waals surface area contributed by atoms with Crippen molar-refractivity contribution in [2.45, 2.75) is 18.4 Å². The summed E-state index contributed by atoms with van der Waals surface area (Å²) in [5.41, 5.74) is 4.92. The van der Waals surface area contributed by atoms with Gasteiger partial charge in [-0.3, -0.25) is 9.59 Å². The SMILES string of the molecule is Nc1ccc(C(=O)N2CCN(C(=O)C3(O)CCN(C(=O)O)CC3)CC2)c(Cl)c1. The maximum Gasteiger partial charge on any atom is 0.407 e. The second-order valence-electron chi connectivity index (χ2n) is 7.12. The van der Waals surface area contributed by atoms with Crippen LogP contribution in [0, 0.1) is 0 Å². The van der Waals surface area contributed by atoms with Gasteiger partial charge in [-0.1, -0.05) is 11.6 Å². The molecule has 28 heavy (non-hydrogen) atoms. The molecule has 0 aliphatic carbocycles. The third-order valence-corrected chi connectivity index (χ3v) is 5.65. The normalized spacial score (nSPS) is 19.4. The van der Waals surface area contributed by atoms with Gasteiger partial charge in [0.25, 0.3) is 11.8 Å². The zero-order chi connectivity index (χ0) is 20.5. The molecule has 3 rings (SSSR count). The molecule has 0 aromatic heterocycles. The highest BCUT2D eigenvalue weighted by Crippen LogP contribution is 2.26. The lowest BCUT2D eigenvalue weighted by atomic mass is 9.89. The van der Waals surface area contributed by atoms with Crippen molar-refractivity contribution >= 4 is 35.2 Å². The number of hydrogen-bond donors (Lipinski definition) is 3. The first kappa shape index (κ1) is 20.2. The van der Waals surface area contributed by atoms with Crippen LogP contribution in [0.15, 0.2) is 18.2 Å². The number of halogens is 1. The van der Waals surface area contributed by atoms with Crippen LogP contribution < -0.4 is 5.73 Å². The van der Waals surface area contributed by atoms with Crippen molar-refractivity contribution in [3.8, 4) is 0 Å². The third kappa shape index (κ3) is 4.00. The number of amides is 3. The lowest BCUT2D eigenvalue weighted by Gasteiger charge is -2.41. The van der Waals surface area contributed by atoms with Crippen LogP contribution in [0.2, 0.25) is 5.02 Å². The number of rotatable bonds is 2. The molecule has 0 radical (unpaired) electrons. The summed E-state index contributed by atoms with van der Waals surface area (Å²) in [7, 11) is 0. The Bertz CT molecular complexity index is 786. The van der Waals surface area contributed by atoms with E-state index in [0.29, 0.717) is 37.4 Å². The number of nitrogens with two attached hydrogens (primary N) is 1. The van der Waals surface area contributed by atoms with Crippen LogP contribution in [-0.4, -0.2) is 87.7 Å².